The fourth-order valence-corrected chi connectivity index (χ4v) is 3.40. The highest BCUT2D eigenvalue weighted by Gasteiger charge is 2.16. The molecule has 2 N–H and O–H groups in total. The van der Waals surface area contributed by atoms with Crippen molar-refractivity contribution in [3.8, 4) is 5.75 Å². The zero-order chi connectivity index (χ0) is 20.9. The average Bonchev–Trinajstić information content (AvgIpc) is 2.71. The second kappa shape index (κ2) is 8.85. The zero-order valence-electron chi connectivity index (χ0n) is 15.7. The molecule has 0 radical (unpaired) electrons. The smallest absolute Gasteiger partial charge is 0.338 e. The van der Waals surface area contributed by atoms with Gasteiger partial charge in [-0.2, -0.15) is 0 Å². The molecule has 0 bridgehead atoms. The van der Waals surface area contributed by atoms with Gasteiger partial charge < -0.3 is 9.47 Å². The third-order valence-electron chi connectivity index (χ3n) is 4.14. The van der Waals surface area contributed by atoms with Crippen molar-refractivity contribution in [2.75, 3.05) is 0 Å². The number of hydrogen-bond donors (Lipinski definition) is 1. The predicted octanol–water partition coefficient (Wildman–Crippen LogP) is 2.97. The third-order valence-corrected chi connectivity index (χ3v) is 5.19. The Hall–Kier alpha value is -3.23. The summed E-state index contributed by atoms with van der Waals surface area (Å²) in [6.07, 6.45) is 1.70. The van der Waals surface area contributed by atoms with Gasteiger partial charge >= 0.3 is 5.97 Å². The summed E-state index contributed by atoms with van der Waals surface area (Å²) in [5.74, 6) is 0.0347. The van der Waals surface area contributed by atoms with Gasteiger partial charge in [0.15, 0.2) is 0 Å². The minimum Gasteiger partial charge on any atom is -0.487 e. The summed E-state index contributed by atoms with van der Waals surface area (Å²) in [7, 11) is -3.91. The van der Waals surface area contributed by atoms with Crippen LogP contribution in [-0.2, 0) is 28.0 Å². The summed E-state index contributed by atoms with van der Waals surface area (Å²) < 4.78 is 34.1. The molecule has 29 heavy (non-hydrogen) atoms. The molecule has 0 saturated heterocycles. The van der Waals surface area contributed by atoms with Crippen molar-refractivity contribution in [3.05, 3.63) is 89.2 Å². The SMILES string of the molecule is Cc1ccc(C(=O)OCc2ccc(OCc3ccccn3)cc2)cc1S(N)(=O)=O. The normalized spacial score (nSPS) is 11.1. The van der Waals surface area contributed by atoms with Gasteiger partial charge in [0.05, 0.1) is 16.2 Å². The first-order chi connectivity index (χ1) is 13.8. The molecule has 0 spiro atoms. The summed E-state index contributed by atoms with van der Waals surface area (Å²) in [6, 6.07) is 17.0. The highest BCUT2D eigenvalue weighted by molar-refractivity contribution is 7.89. The quantitative estimate of drug-likeness (QED) is 0.598. The van der Waals surface area contributed by atoms with Crippen LogP contribution in [0.1, 0.15) is 27.2 Å². The van der Waals surface area contributed by atoms with Crippen molar-refractivity contribution < 1.29 is 22.7 Å². The van der Waals surface area contributed by atoms with E-state index < -0.39 is 16.0 Å². The van der Waals surface area contributed by atoms with Gasteiger partial charge in [-0.1, -0.05) is 24.3 Å². The maximum Gasteiger partial charge on any atom is 0.338 e. The van der Waals surface area contributed by atoms with Gasteiger partial charge in [0.1, 0.15) is 19.0 Å². The summed E-state index contributed by atoms with van der Waals surface area (Å²) in [4.78, 5) is 16.3. The van der Waals surface area contributed by atoms with E-state index in [1.54, 1.807) is 37.4 Å². The lowest BCUT2D eigenvalue weighted by Gasteiger charge is -2.09. The molecule has 0 amide bonds. The topological polar surface area (TPSA) is 109 Å². The lowest BCUT2D eigenvalue weighted by Crippen LogP contribution is -2.15. The van der Waals surface area contributed by atoms with Crippen molar-refractivity contribution in [1.29, 1.82) is 0 Å². The molecule has 8 heteroatoms. The van der Waals surface area contributed by atoms with Gasteiger partial charge in [0.2, 0.25) is 10.0 Å². The Balaban J connectivity index is 1.58. The summed E-state index contributed by atoms with van der Waals surface area (Å²) in [5.41, 5.74) is 2.17. The van der Waals surface area contributed by atoms with Crippen LogP contribution in [0, 0.1) is 6.92 Å². The number of sulfonamides is 1. The number of ether oxygens (including phenoxy) is 2. The van der Waals surface area contributed by atoms with Crippen molar-refractivity contribution >= 4 is 16.0 Å². The van der Waals surface area contributed by atoms with Crippen LogP contribution in [0.2, 0.25) is 0 Å². The first kappa shape index (κ1) is 20.5. The lowest BCUT2D eigenvalue weighted by molar-refractivity contribution is 0.0472. The Kier molecular flexibility index (Phi) is 6.26. The lowest BCUT2D eigenvalue weighted by atomic mass is 10.1. The number of nitrogens with two attached hydrogens (primary N) is 1. The van der Waals surface area contributed by atoms with Gasteiger partial charge in [0.25, 0.3) is 0 Å². The Labute approximate surface area is 169 Å². The van der Waals surface area contributed by atoms with Gasteiger partial charge in [0, 0.05) is 6.20 Å². The Morgan fingerprint density at radius 1 is 1.03 bits per heavy atom. The number of carbonyl (C=O) groups excluding carboxylic acids is 1. The number of nitrogens with zero attached hydrogens (tertiary/aromatic N) is 1. The van der Waals surface area contributed by atoms with E-state index in [2.05, 4.69) is 4.98 Å². The standard InChI is InChI=1S/C21H20N2O5S/c1-15-5-8-17(12-20(15)29(22,25)26)21(24)28-13-16-6-9-19(10-7-16)27-14-18-4-2-3-11-23-18/h2-12H,13-14H2,1H3,(H2,22,25,26). The molecular weight excluding hydrogens is 392 g/mol. The van der Waals surface area contributed by atoms with Crippen LogP contribution in [0.3, 0.4) is 0 Å². The minimum absolute atomic E-state index is 0.0396. The van der Waals surface area contributed by atoms with E-state index in [4.69, 9.17) is 14.6 Å². The van der Waals surface area contributed by atoms with Gasteiger partial charge in [-0.3, -0.25) is 4.98 Å². The second-order valence-corrected chi connectivity index (χ2v) is 7.88. The molecule has 0 unspecified atom stereocenters. The molecule has 1 heterocycles. The van der Waals surface area contributed by atoms with E-state index in [1.165, 1.54) is 18.2 Å². The third kappa shape index (κ3) is 5.63. The Morgan fingerprint density at radius 2 is 1.79 bits per heavy atom. The van der Waals surface area contributed by atoms with Crippen molar-refractivity contribution in [3.63, 3.8) is 0 Å². The largest absolute Gasteiger partial charge is 0.487 e. The van der Waals surface area contributed by atoms with E-state index in [0.29, 0.717) is 17.9 Å². The van der Waals surface area contributed by atoms with Crippen molar-refractivity contribution in [2.45, 2.75) is 25.0 Å². The molecule has 150 valence electrons. The number of pyridine rings is 1. The van der Waals surface area contributed by atoms with Crippen molar-refractivity contribution in [2.24, 2.45) is 5.14 Å². The first-order valence-corrected chi connectivity index (χ1v) is 10.3. The number of benzene rings is 2. The molecule has 3 aromatic rings. The van der Waals surface area contributed by atoms with Crippen molar-refractivity contribution in [1.82, 2.24) is 4.98 Å². The fourth-order valence-electron chi connectivity index (χ4n) is 2.59. The van der Waals surface area contributed by atoms with E-state index in [-0.39, 0.29) is 17.1 Å². The number of aryl methyl sites for hydroxylation is 1. The van der Waals surface area contributed by atoms with E-state index in [9.17, 15) is 13.2 Å². The van der Waals surface area contributed by atoms with Gasteiger partial charge in [-0.05, 0) is 54.4 Å². The molecule has 0 atom stereocenters. The molecule has 0 aliphatic carbocycles. The molecule has 0 aliphatic heterocycles. The molecule has 3 rings (SSSR count). The summed E-state index contributed by atoms with van der Waals surface area (Å²) in [5, 5.41) is 5.17. The molecule has 1 aromatic heterocycles. The predicted molar refractivity (Wildman–Crippen MR) is 107 cm³/mol. The molecule has 7 nitrogen and oxygen atoms in total. The minimum atomic E-state index is -3.91. The average molecular weight is 412 g/mol. The molecular formula is C21H20N2O5S. The zero-order valence-corrected chi connectivity index (χ0v) is 16.6. The summed E-state index contributed by atoms with van der Waals surface area (Å²) in [6.45, 7) is 2.00. The Bertz CT molecular complexity index is 1100. The molecule has 0 aliphatic rings. The van der Waals surface area contributed by atoms with E-state index >= 15 is 0 Å². The number of carbonyl (C=O) groups is 1. The van der Waals surface area contributed by atoms with Gasteiger partial charge in [-0.15, -0.1) is 0 Å². The molecule has 2 aromatic carbocycles. The van der Waals surface area contributed by atoms with E-state index in [1.807, 2.05) is 18.2 Å². The first-order valence-electron chi connectivity index (χ1n) is 8.75. The highest BCUT2D eigenvalue weighted by Crippen LogP contribution is 2.18. The number of hydrogen-bond acceptors (Lipinski definition) is 6. The fraction of sp³-hybridized carbons (Fsp3) is 0.143. The number of primary sulfonamides is 1. The summed E-state index contributed by atoms with van der Waals surface area (Å²) >= 11 is 0. The second-order valence-electron chi connectivity index (χ2n) is 6.36. The number of esters is 1. The maximum absolute atomic E-state index is 12.2. The molecule has 0 fully saturated rings. The molecule has 0 saturated carbocycles. The van der Waals surface area contributed by atoms with Crippen LogP contribution >= 0.6 is 0 Å². The highest BCUT2D eigenvalue weighted by atomic mass is 32.2. The monoisotopic (exact) mass is 412 g/mol. The van der Waals surface area contributed by atoms with Crippen LogP contribution in [-0.4, -0.2) is 19.4 Å². The maximum atomic E-state index is 12.2. The number of aromatic nitrogens is 1. The van der Waals surface area contributed by atoms with Crippen LogP contribution < -0.4 is 9.88 Å². The van der Waals surface area contributed by atoms with Gasteiger partial charge in [-0.25, -0.2) is 18.4 Å². The van der Waals surface area contributed by atoms with Crippen LogP contribution in [0.4, 0.5) is 0 Å². The van der Waals surface area contributed by atoms with Crippen LogP contribution in [0.25, 0.3) is 0 Å². The van der Waals surface area contributed by atoms with Crippen LogP contribution in [0.5, 0.6) is 5.75 Å². The number of rotatable bonds is 7. The Morgan fingerprint density at radius 3 is 2.45 bits per heavy atom. The van der Waals surface area contributed by atoms with Crippen LogP contribution in [0.15, 0.2) is 71.8 Å². The van der Waals surface area contributed by atoms with E-state index in [0.717, 1.165) is 11.3 Å².